The van der Waals surface area contributed by atoms with Crippen LogP contribution in [0.1, 0.15) is 6.92 Å². The van der Waals surface area contributed by atoms with Crippen molar-refractivity contribution < 1.29 is 0 Å². The molecular formula is C11H11N. The van der Waals surface area contributed by atoms with E-state index in [0.717, 1.165) is 10.9 Å². The van der Waals surface area contributed by atoms with E-state index in [4.69, 9.17) is 0 Å². The molecule has 1 aromatic heterocycles. The maximum Gasteiger partial charge on any atom is 0.0464 e. The number of rotatable bonds is 0. The second-order valence-corrected chi connectivity index (χ2v) is 2.85. The lowest BCUT2D eigenvalue weighted by Gasteiger charge is -1.84. The quantitative estimate of drug-likeness (QED) is 0.594. The van der Waals surface area contributed by atoms with Crippen molar-refractivity contribution in [3.63, 3.8) is 0 Å². The molecule has 0 aliphatic carbocycles. The van der Waals surface area contributed by atoms with Crippen molar-refractivity contribution in [2.75, 3.05) is 0 Å². The number of para-hydroxylation sites is 1. The van der Waals surface area contributed by atoms with Gasteiger partial charge in [0.15, 0.2) is 0 Å². The van der Waals surface area contributed by atoms with E-state index in [1.54, 1.807) is 0 Å². The van der Waals surface area contributed by atoms with Crippen LogP contribution in [0.3, 0.4) is 0 Å². The number of nitrogens with one attached hydrogen (secondary N) is 1. The molecule has 1 N–H and O–H groups in total. The normalized spacial score (nSPS) is 12.6. The van der Waals surface area contributed by atoms with Crippen molar-refractivity contribution in [3.05, 3.63) is 34.8 Å². The van der Waals surface area contributed by atoms with E-state index in [9.17, 15) is 0 Å². The maximum atomic E-state index is 3.94. The van der Waals surface area contributed by atoms with E-state index in [1.165, 1.54) is 10.6 Å². The molecule has 1 nitrogen and oxygen atoms in total. The number of hydrogen-bond acceptors (Lipinski definition) is 0. The van der Waals surface area contributed by atoms with E-state index >= 15 is 0 Å². The summed E-state index contributed by atoms with van der Waals surface area (Å²) in [5, 5.41) is 3.47. The fourth-order valence-electron chi connectivity index (χ4n) is 1.55. The first kappa shape index (κ1) is 7.17. The van der Waals surface area contributed by atoms with Gasteiger partial charge in [0.05, 0.1) is 0 Å². The molecule has 2 rings (SSSR count). The van der Waals surface area contributed by atoms with Gasteiger partial charge in [-0.15, -0.1) is 0 Å². The molecule has 0 saturated heterocycles. The van der Waals surface area contributed by atoms with Gasteiger partial charge in [0.2, 0.25) is 0 Å². The molecule has 0 aliphatic heterocycles. The average molecular weight is 157 g/mol. The molecule has 0 amide bonds. The summed E-state index contributed by atoms with van der Waals surface area (Å²) in [6, 6.07) is 8.24. The van der Waals surface area contributed by atoms with Crippen LogP contribution in [0.25, 0.3) is 23.6 Å². The molecular weight excluding hydrogens is 146 g/mol. The Bertz CT molecular complexity index is 505. The molecule has 0 aliphatic rings. The van der Waals surface area contributed by atoms with Gasteiger partial charge >= 0.3 is 0 Å². The lowest BCUT2D eigenvalue weighted by Crippen LogP contribution is -2.19. The Balaban J connectivity index is 3.12. The fraction of sp³-hybridized carbons (Fsp3) is 0.0909. The third kappa shape index (κ3) is 0.866. The van der Waals surface area contributed by atoms with Gasteiger partial charge in [-0.2, -0.15) is 0 Å². The van der Waals surface area contributed by atoms with Gasteiger partial charge in [-0.1, -0.05) is 30.9 Å². The second kappa shape index (κ2) is 2.52. The molecule has 0 atom stereocenters. The largest absolute Gasteiger partial charge is 0.355 e. The molecule has 60 valence electrons. The van der Waals surface area contributed by atoms with Crippen LogP contribution >= 0.6 is 0 Å². The van der Waals surface area contributed by atoms with E-state index in [0.29, 0.717) is 0 Å². The standard InChI is InChI=1S/C11H11N/c1-3-9-8(2)12-11-7-5-4-6-10(9)11/h3-7,12H,2H2,1H3/b9-3+. The van der Waals surface area contributed by atoms with Crippen molar-refractivity contribution in [1.82, 2.24) is 4.98 Å². The van der Waals surface area contributed by atoms with E-state index in [2.05, 4.69) is 29.8 Å². The smallest absolute Gasteiger partial charge is 0.0464 e. The highest BCUT2D eigenvalue weighted by Crippen LogP contribution is 2.02. The van der Waals surface area contributed by atoms with Crippen molar-refractivity contribution in [2.24, 2.45) is 0 Å². The van der Waals surface area contributed by atoms with Gasteiger partial charge in [-0.05, 0) is 13.0 Å². The Kier molecular flexibility index (Phi) is 1.51. The Hall–Kier alpha value is -1.50. The number of H-pyrrole nitrogens is 1. The minimum Gasteiger partial charge on any atom is -0.355 e. The molecule has 0 bridgehead atoms. The van der Waals surface area contributed by atoms with Crippen LogP contribution in [0.4, 0.5) is 0 Å². The number of hydrogen-bond donors (Lipinski definition) is 1. The number of aromatic amines is 1. The van der Waals surface area contributed by atoms with Crippen LogP contribution in [-0.4, -0.2) is 4.98 Å². The van der Waals surface area contributed by atoms with E-state index < -0.39 is 0 Å². The summed E-state index contributed by atoms with van der Waals surface area (Å²) in [4.78, 5) is 3.24. The number of benzene rings is 1. The first-order valence-electron chi connectivity index (χ1n) is 4.05. The lowest BCUT2D eigenvalue weighted by atomic mass is 10.2. The Morgan fingerprint density at radius 2 is 2.08 bits per heavy atom. The van der Waals surface area contributed by atoms with Crippen molar-refractivity contribution in [2.45, 2.75) is 6.92 Å². The molecule has 0 radical (unpaired) electrons. The predicted molar refractivity (Wildman–Crippen MR) is 53.2 cm³/mol. The first-order valence-corrected chi connectivity index (χ1v) is 4.05. The molecule has 2 aromatic rings. The summed E-state index contributed by atoms with van der Waals surface area (Å²) in [6.07, 6.45) is 2.08. The Labute approximate surface area is 71.0 Å². The zero-order valence-electron chi connectivity index (χ0n) is 7.09. The molecule has 1 heteroatoms. The zero-order chi connectivity index (χ0) is 8.55. The molecule has 1 heterocycles. The summed E-state index contributed by atoms with van der Waals surface area (Å²) in [7, 11) is 0. The Morgan fingerprint density at radius 3 is 2.83 bits per heavy atom. The number of aromatic nitrogens is 1. The van der Waals surface area contributed by atoms with E-state index in [-0.39, 0.29) is 0 Å². The minimum atomic E-state index is 0.999. The van der Waals surface area contributed by atoms with Crippen LogP contribution in [-0.2, 0) is 0 Å². The van der Waals surface area contributed by atoms with Gasteiger partial charge in [-0.25, -0.2) is 0 Å². The van der Waals surface area contributed by atoms with Gasteiger partial charge < -0.3 is 4.98 Å². The molecule has 0 unspecified atom stereocenters. The van der Waals surface area contributed by atoms with Crippen LogP contribution in [0.2, 0.25) is 0 Å². The van der Waals surface area contributed by atoms with Gasteiger partial charge in [0.1, 0.15) is 0 Å². The summed E-state index contributed by atoms with van der Waals surface area (Å²) in [5.74, 6) is 0. The van der Waals surface area contributed by atoms with E-state index in [1.807, 2.05) is 19.1 Å². The van der Waals surface area contributed by atoms with Crippen molar-refractivity contribution in [1.29, 1.82) is 0 Å². The lowest BCUT2D eigenvalue weighted by molar-refractivity contribution is 1.37. The maximum absolute atomic E-state index is 3.94. The SMILES string of the molecule is C=c1[nH]c2ccccc2/c1=C/C. The minimum absolute atomic E-state index is 0.999. The van der Waals surface area contributed by atoms with Crippen LogP contribution in [0.15, 0.2) is 24.3 Å². The predicted octanol–water partition coefficient (Wildman–Crippen LogP) is 1.38. The molecule has 1 aromatic carbocycles. The fourth-order valence-corrected chi connectivity index (χ4v) is 1.55. The van der Waals surface area contributed by atoms with Gasteiger partial charge in [-0.3, -0.25) is 0 Å². The molecule has 0 saturated carbocycles. The van der Waals surface area contributed by atoms with Gasteiger partial charge in [0.25, 0.3) is 0 Å². The summed E-state index contributed by atoms with van der Waals surface area (Å²) < 4.78 is 0. The summed E-state index contributed by atoms with van der Waals surface area (Å²) >= 11 is 0. The monoisotopic (exact) mass is 157 g/mol. The van der Waals surface area contributed by atoms with Crippen LogP contribution < -0.4 is 10.6 Å². The van der Waals surface area contributed by atoms with Crippen LogP contribution in [0.5, 0.6) is 0 Å². The molecule has 12 heavy (non-hydrogen) atoms. The average Bonchev–Trinajstić information content (AvgIpc) is 2.40. The van der Waals surface area contributed by atoms with Crippen molar-refractivity contribution in [3.8, 4) is 0 Å². The highest BCUT2D eigenvalue weighted by Gasteiger charge is 1.94. The van der Waals surface area contributed by atoms with Crippen LogP contribution in [0, 0.1) is 0 Å². The molecule has 0 fully saturated rings. The zero-order valence-corrected chi connectivity index (χ0v) is 7.09. The third-order valence-corrected chi connectivity index (χ3v) is 2.12. The Morgan fingerprint density at radius 1 is 1.33 bits per heavy atom. The second-order valence-electron chi connectivity index (χ2n) is 2.85. The highest BCUT2D eigenvalue weighted by atomic mass is 14.7. The summed E-state index contributed by atoms with van der Waals surface area (Å²) in [6.45, 7) is 5.97. The first-order chi connectivity index (χ1) is 5.83. The topological polar surface area (TPSA) is 15.8 Å². The highest BCUT2D eigenvalue weighted by molar-refractivity contribution is 5.80. The number of fused-ring (bicyclic) bond motifs is 1. The summed E-state index contributed by atoms with van der Waals surface area (Å²) in [5.41, 5.74) is 1.16. The van der Waals surface area contributed by atoms with Crippen molar-refractivity contribution >= 4 is 23.6 Å². The van der Waals surface area contributed by atoms with Gasteiger partial charge in [0, 0.05) is 21.5 Å². The molecule has 0 spiro atoms. The third-order valence-electron chi connectivity index (χ3n) is 2.12.